The van der Waals surface area contributed by atoms with Crippen LogP contribution in [0.2, 0.25) is 0 Å². The number of ether oxygens (including phenoxy) is 1. The molecular weight excluding hydrogens is 344 g/mol. The van der Waals surface area contributed by atoms with Gasteiger partial charge in [0.1, 0.15) is 0 Å². The predicted octanol–water partition coefficient (Wildman–Crippen LogP) is 3.48. The standard InChI is InChI=1S/C21H30N2O4/c1-4-5-13-23(2)20(25)16-11-9-15(10-12-16)19(24)22-18-8-6-7-17(14-18)21(26)27-3/h6-8,14-16H,4-5,9-13H2,1-3H3,(H,22,24). The molecule has 6 nitrogen and oxygen atoms in total. The minimum atomic E-state index is -0.433. The summed E-state index contributed by atoms with van der Waals surface area (Å²) in [4.78, 5) is 38.5. The number of nitrogens with zero attached hydrogens (tertiary/aromatic N) is 1. The Morgan fingerprint density at radius 3 is 2.44 bits per heavy atom. The van der Waals surface area contributed by atoms with Gasteiger partial charge in [-0.25, -0.2) is 4.79 Å². The average molecular weight is 374 g/mol. The van der Waals surface area contributed by atoms with Crippen LogP contribution in [0.4, 0.5) is 5.69 Å². The highest BCUT2D eigenvalue weighted by atomic mass is 16.5. The van der Waals surface area contributed by atoms with E-state index >= 15 is 0 Å². The Labute approximate surface area is 161 Å². The molecule has 0 unspecified atom stereocenters. The fourth-order valence-electron chi connectivity index (χ4n) is 3.51. The summed E-state index contributed by atoms with van der Waals surface area (Å²) in [6, 6.07) is 6.72. The van der Waals surface area contributed by atoms with Gasteiger partial charge in [-0.1, -0.05) is 19.4 Å². The second-order valence-electron chi connectivity index (χ2n) is 7.22. The lowest BCUT2D eigenvalue weighted by Crippen LogP contribution is -2.37. The molecule has 1 N–H and O–H groups in total. The van der Waals surface area contributed by atoms with Crippen molar-refractivity contribution in [3.8, 4) is 0 Å². The summed E-state index contributed by atoms with van der Waals surface area (Å²) >= 11 is 0. The maximum Gasteiger partial charge on any atom is 0.337 e. The largest absolute Gasteiger partial charge is 0.465 e. The van der Waals surface area contributed by atoms with Gasteiger partial charge >= 0.3 is 5.97 Å². The number of hydrogen-bond acceptors (Lipinski definition) is 4. The van der Waals surface area contributed by atoms with Crippen molar-refractivity contribution in [2.24, 2.45) is 11.8 Å². The van der Waals surface area contributed by atoms with E-state index in [0.717, 1.165) is 32.2 Å². The topological polar surface area (TPSA) is 75.7 Å². The first-order chi connectivity index (χ1) is 13.0. The summed E-state index contributed by atoms with van der Waals surface area (Å²) in [5, 5.41) is 2.88. The molecule has 1 aromatic rings. The van der Waals surface area contributed by atoms with Gasteiger partial charge in [-0.2, -0.15) is 0 Å². The Kier molecular flexibility index (Phi) is 7.82. The van der Waals surface area contributed by atoms with Gasteiger partial charge in [0.25, 0.3) is 0 Å². The normalized spacial score (nSPS) is 19.2. The third-order valence-electron chi connectivity index (χ3n) is 5.22. The quantitative estimate of drug-likeness (QED) is 0.742. The third kappa shape index (κ3) is 5.81. The van der Waals surface area contributed by atoms with Gasteiger partial charge in [-0.05, 0) is 50.3 Å². The zero-order chi connectivity index (χ0) is 19.8. The summed E-state index contributed by atoms with van der Waals surface area (Å²) in [7, 11) is 3.19. The lowest BCUT2D eigenvalue weighted by molar-refractivity contribution is -0.136. The van der Waals surface area contributed by atoms with E-state index in [4.69, 9.17) is 4.74 Å². The summed E-state index contributed by atoms with van der Waals surface area (Å²) < 4.78 is 4.70. The molecule has 1 aromatic carbocycles. The smallest absolute Gasteiger partial charge is 0.337 e. The molecule has 0 spiro atoms. The van der Waals surface area contributed by atoms with E-state index in [0.29, 0.717) is 24.1 Å². The molecule has 27 heavy (non-hydrogen) atoms. The van der Waals surface area contributed by atoms with Crippen LogP contribution >= 0.6 is 0 Å². The molecule has 1 aliphatic carbocycles. The number of amides is 2. The van der Waals surface area contributed by atoms with Crippen molar-refractivity contribution in [2.75, 3.05) is 26.0 Å². The predicted molar refractivity (Wildman–Crippen MR) is 104 cm³/mol. The van der Waals surface area contributed by atoms with Crippen molar-refractivity contribution >= 4 is 23.5 Å². The summed E-state index contributed by atoms with van der Waals surface area (Å²) in [6.07, 6.45) is 5.00. The van der Waals surface area contributed by atoms with E-state index in [1.807, 2.05) is 11.9 Å². The maximum atomic E-state index is 12.5. The zero-order valence-electron chi connectivity index (χ0n) is 16.5. The van der Waals surface area contributed by atoms with E-state index in [1.54, 1.807) is 24.3 Å². The van der Waals surface area contributed by atoms with Crippen molar-refractivity contribution in [2.45, 2.75) is 45.4 Å². The minimum absolute atomic E-state index is 0.0264. The molecule has 1 aliphatic rings. The van der Waals surface area contributed by atoms with Crippen LogP contribution in [0.3, 0.4) is 0 Å². The van der Waals surface area contributed by atoms with E-state index in [2.05, 4.69) is 12.2 Å². The molecule has 2 rings (SSSR count). The molecule has 1 saturated carbocycles. The Hall–Kier alpha value is -2.37. The van der Waals surface area contributed by atoms with Crippen LogP contribution in [-0.4, -0.2) is 43.4 Å². The summed E-state index contributed by atoms with van der Waals surface area (Å²) in [5.74, 6) is -0.358. The van der Waals surface area contributed by atoms with E-state index < -0.39 is 5.97 Å². The molecule has 0 heterocycles. The first-order valence-corrected chi connectivity index (χ1v) is 9.70. The highest BCUT2D eigenvalue weighted by Crippen LogP contribution is 2.31. The number of nitrogens with one attached hydrogen (secondary N) is 1. The highest BCUT2D eigenvalue weighted by molar-refractivity contribution is 5.95. The second-order valence-corrected chi connectivity index (χ2v) is 7.22. The van der Waals surface area contributed by atoms with Gasteiger partial charge in [0, 0.05) is 31.1 Å². The number of carbonyl (C=O) groups is 3. The van der Waals surface area contributed by atoms with Gasteiger partial charge in [0.15, 0.2) is 0 Å². The Bertz CT molecular complexity index is 666. The van der Waals surface area contributed by atoms with Crippen molar-refractivity contribution in [3.05, 3.63) is 29.8 Å². The number of unbranched alkanes of at least 4 members (excludes halogenated alkanes) is 1. The van der Waals surface area contributed by atoms with Gasteiger partial charge in [-0.15, -0.1) is 0 Å². The average Bonchev–Trinajstić information content (AvgIpc) is 2.71. The van der Waals surface area contributed by atoms with Gasteiger partial charge in [0.05, 0.1) is 12.7 Å². The van der Waals surface area contributed by atoms with Crippen molar-refractivity contribution in [1.29, 1.82) is 0 Å². The number of esters is 1. The highest BCUT2D eigenvalue weighted by Gasteiger charge is 2.31. The second kappa shape index (κ2) is 10.1. The van der Waals surface area contributed by atoms with E-state index in [1.165, 1.54) is 7.11 Å². The number of hydrogen-bond donors (Lipinski definition) is 1. The van der Waals surface area contributed by atoms with Crippen molar-refractivity contribution in [3.63, 3.8) is 0 Å². The molecule has 2 amide bonds. The van der Waals surface area contributed by atoms with Gasteiger partial charge in [0.2, 0.25) is 11.8 Å². The molecular formula is C21H30N2O4. The molecule has 0 atom stereocenters. The fourth-order valence-corrected chi connectivity index (χ4v) is 3.51. The monoisotopic (exact) mass is 374 g/mol. The molecule has 0 radical (unpaired) electrons. The molecule has 0 bridgehead atoms. The number of benzene rings is 1. The van der Waals surface area contributed by atoms with Gasteiger partial charge < -0.3 is 15.0 Å². The number of rotatable bonds is 7. The van der Waals surface area contributed by atoms with E-state index in [9.17, 15) is 14.4 Å². The zero-order valence-corrected chi connectivity index (χ0v) is 16.5. The number of carbonyl (C=O) groups excluding carboxylic acids is 3. The summed E-state index contributed by atoms with van der Waals surface area (Å²) in [6.45, 7) is 2.91. The number of anilines is 1. The van der Waals surface area contributed by atoms with Crippen LogP contribution in [0.25, 0.3) is 0 Å². The first kappa shape index (κ1) is 20.9. The van der Waals surface area contributed by atoms with Crippen molar-refractivity contribution < 1.29 is 19.1 Å². The van der Waals surface area contributed by atoms with Crippen LogP contribution in [0.15, 0.2) is 24.3 Å². The van der Waals surface area contributed by atoms with Crippen molar-refractivity contribution in [1.82, 2.24) is 4.90 Å². The van der Waals surface area contributed by atoms with Crippen LogP contribution in [0.5, 0.6) is 0 Å². The van der Waals surface area contributed by atoms with E-state index in [-0.39, 0.29) is 23.7 Å². The fraction of sp³-hybridized carbons (Fsp3) is 0.571. The Morgan fingerprint density at radius 2 is 1.81 bits per heavy atom. The third-order valence-corrected chi connectivity index (χ3v) is 5.22. The molecule has 6 heteroatoms. The number of methoxy groups -OCH3 is 1. The SMILES string of the molecule is CCCCN(C)C(=O)C1CCC(C(=O)Nc2cccc(C(=O)OC)c2)CC1. The van der Waals surface area contributed by atoms with Gasteiger partial charge in [-0.3, -0.25) is 9.59 Å². The summed E-state index contributed by atoms with van der Waals surface area (Å²) in [5.41, 5.74) is 0.986. The first-order valence-electron chi connectivity index (χ1n) is 9.70. The molecule has 148 valence electrons. The Balaban J connectivity index is 1.86. The molecule has 0 saturated heterocycles. The van der Waals surface area contributed by atoms with Crippen LogP contribution in [0, 0.1) is 11.8 Å². The molecule has 0 aromatic heterocycles. The Morgan fingerprint density at radius 1 is 1.15 bits per heavy atom. The molecule has 0 aliphatic heterocycles. The van der Waals surface area contributed by atoms with Crippen LogP contribution in [0.1, 0.15) is 55.8 Å². The minimum Gasteiger partial charge on any atom is -0.465 e. The lowest BCUT2D eigenvalue weighted by atomic mass is 9.81. The van der Waals surface area contributed by atoms with Crippen LogP contribution < -0.4 is 5.32 Å². The molecule has 1 fully saturated rings. The lowest BCUT2D eigenvalue weighted by Gasteiger charge is -2.30. The van der Waals surface area contributed by atoms with Crippen LogP contribution in [-0.2, 0) is 14.3 Å². The maximum absolute atomic E-state index is 12.5.